The van der Waals surface area contributed by atoms with Crippen LogP contribution in [0.25, 0.3) is 0 Å². The number of hydrogen-bond donors (Lipinski definition) is 1. The Kier molecular flexibility index (Phi) is 3.86. The quantitative estimate of drug-likeness (QED) is 0.885. The van der Waals surface area contributed by atoms with E-state index in [0.717, 1.165) is 22.2 Å². The van der Waals surface area contributed by atoms with E-state index in [0.29, 0.717) is 18.9 Å². The molecule has 2 aliphatic rings. The van der Waals surface area contributed by atoms with Crippen LogP contribution in [0.2, 0.25) is 0 Å². The van der Waals surface area contributed by atoms with Gasteiger partial charge < -0.3 is 10.2 Å². The molecule has 0 spiro atoms. The molecule has 2 heterocycles. The molecule has 2 unspecified atom stereocenters. The van der Waals surface area contributed by atoms with Gasteiger partial charge in [0.1, 0.15) is 11.6 Å². The molecule has 2 fully saturated rings. The molecule has 4 nitrogen and oxygen atoms in total. The topological polar surface area (TPSA) is 49.4 Å². The van der Waals surface area contributed by atoms with Gasteiger partial charge in [0.05, 0.1) is 6.54 Å². The molecule has 114 valence electrons. The maximum absolute atomic E-state index is 12.8. The van der Waals surface area contributed by atoms with Crippen LogP contribution in [-0.2, 0) is 16.1 Å². The number of carbonyl (C=O) groups is 2. The predicted molar refractivity (Wildman–Crippen MR) is 85.9 cm³/mol. The number of nitrogens with one attached hydrogen (secondary N) is 1. The van der Waals surface area contributed by atoms with E-state index in [2.05, 4.69) is 21.2 Å². The average molecular weight is 371 g/mol. The summed E-state index contributed by atoms with van der Waals surface area (Å²) in [7, 11) is 0. The van der Waals surface area contributed by atoms with E-state index in [1.165, 1.54) is 0 Å². The van der Waals surface area contributed by atoms with Crippen molar-refractivity contribution < 1.29 is 9.59 Å². The SMILES string of the molecule is CCC1NC(=O)C(C)(C2CC2)N(Cc2cc(Br)cs2)C1=O. The Labute approximate surface area is 137 Å². The number of hydrogen-bond acceptors (Lipinski definition) is 3. The Morgan fingerprint density at radius 2 is 2.19 bits per heavy atom. The smallest absolute Gasteiger partial charge is 0.246 e. The van der Waals surface area contributed by atoms with Crippen LogP contribution in [0.3, 0.4) is 0 Å². The van der Waals surface area contributed by atoms with E-state index in [-0.39, 0.29) is 17.9 Å². The van der Waals surface area contributed by atoms with Crippen LogP contribution in [-0.4, -0.2) is 28.3 Å². The van der Waals surface area contributed by atoms with Gasteiger partial charge in [0.25, 0.3) is 0 Å². The zero-order valence-electron chi connectivity index (χ0n) is 12.2. The second-order valence-electron chi connectivity index (χ2n) is 6.01. The third-order valence-corrected chi connectivity index (χ3v) is 6.29. The number of amides is 2. The molecule has 6 heteroatoms. The van der Waals surface area contributed by atoms with Crippen molar-refractivity contribution in [2.45, 2.75) is 51.2 Å². The molecule has 0 aromatic carbocycles. The van der Waals surface area contributed by atoms with E-state index in [1.807, 2.05) is 30.2 Å². The zero-order valence-corrected chi connectivity index (χ0v) is 14.6. The highest BCUT2D eigenvalue weighted by molar-refractivity contribution is 9.10. The van der Waals surface area contributed by atoms with Gasteiger partial charge in [-0.1, -0.05) is 6.92 Å². The summed E-state index contributed by atoms with van der Waals surface area (Å²) in [6, 6.07) is 1.64. The normalized spacial score (nSPS) is 29.7. The molecule has 1 aliphatic carbocycles. The van der Waals surface area contributed by atoms with Crippen molar-refractivity contribution >= 4 is 39.1 Å². The van der Waals surface area contributed by atoms with Gasteiger partial charge in [-0.15, -0.1) is 11.3 Å². The summed E-state index contributed by atoms with van der Waals surface area (Å²) < 4.78 is 1.02. The van der Waals surface area contributed by atoms with Gasteiger partial charge in [-0.3, -0.25) is 9.59 Å². The Morgan fingerprint density at radius 3 is 2.71 bits per heavy atom. The minimum absolute atomic E-state index is 0.00655. The molecule has 1 aromatic rings. The average Bonchev–Trinajstić information content (AvgIpc) is 3.23. The molecular formula is C15H19BrN2O2S. The lowest BCUT2D eigenvalue weighted by molar-refractivity contribution is -0.159. The molecule has 0 bridgehead atoms. The van der Waals surface area contributed by atoms with Crippen molar-refractivity contribution in [1.82, 2.24) is 10.2 Å². The van der Waals surface area contributed by atoms with Crippen LogP contribution in [0.5, 0.6) is 0 Å². The van der Waals surface area contributed by atoms with Gasteiger partial charge in [0.2, 0.25) is 11.8 Å². The molecule has 21 heavy (non-hydrogen) atoms. The number of thiophene rings is 1. The summed E-state index contributed by atoms with van der Waals surface area (Å²) in [5.41, 5.74) is -0.695. The standard InChI is InChI=1S/C15H19BrN2O2S/c1-3-12-13(19)18(7-11-6-10(16)8-21-11)15(2,9-4-5-9)14(20)17-12/h6,8-9,12H,3-5,7H2,1-2H3,(H,17,20). The first kappa shape index (κ1) is 15.0. The lowest BCUT2D eigenvalue weighted by atomic mass is 9.87. The first-order valence-electron chi connectivity index (χ1n) is 7.32. The third kappa shape index (κ3) is 2.52. The van der Waals surface area contributed by atoms with Crippen molar-refractivity contribution in [2.75, 3.05) is 0 Å². The fraction of sp³-hybridized carbons (Fsp3) is 0.600. The molecule has 2 atom stereocenters. The van der Waals surface area contributed by atoms with E-state index in [4.69, 9.17) is 0 Å². The zero-order chi connectivity index (χ0) is 15.2. The first-order chi connectivity index (χ1) is 9.96. The van der Waals surface area contributed by atoms with Crippen LogP contribution in [0.15, 0.2) is 15.9 Å². The van der Waals surface area contributed by atoms with Crippen LogP contribution in [0.4, 0.5) is 0 Å². The molecule has 0 radical (unpaired) electrons. The number of piperazine rings is 1. The van der Waals surface area contributed by atoms with Crippen molar-refractivity contribution in [3.63, 3.8) is 0 Å². The number of halogens is 1. The summed E-state index contributed by atoms with van der Waals surface area (Å²) in [5.74, 6) is 0.353. The number of rotatable bonds is 4. The Morgan fingerprint density at radius 1 is 1.48 bits per heavy atom. The van der Waals surface area contributed by atoms with Crippen LogP contribution >= 0.6 is 27.3 Å². The van der Waals surface area contributed by atoms with E-state index in [1.54, 1.807) is 11.3 Å². The lowest BCUT2D eigenvalue weighted by Gasteiger charge is -2.46. The molecular weight excluding hydrogens is 352 g/mol. The van der Waals surface area contributed by atoms with Gasteiger partial charge in [0.15, 0.2) is 0 Å². The van der Waals surface area contributed by atoms with E-state index < -0.39 is 5.54 Å². The summed E-state index contributed by atoms with van der Waals surface area (Å²) in [6.07, 6.45) is 2.69. The molecule has 1 aliphatic heterocycles. The Hall–Kier alpha value is -0.880. The highest BCUT2D eigenvalue weighted by Crippen LogP contribution is 2.45. The number of carbonyl (C=O) groups excluding carboxylic acids is 2. The second-order valence-corrected chi connectivity index (χ2v) is 7.92. The molecule has 2 amide bonds. The van der Waals surface area contributed by atoms with Gasteiger partial charge in [-0.05, 0) is 54.1 Å². The highest BCUT2D eigenvalue weighted by Gasteiger charge is 2.56. The number of nitrogens with zero attached hydrogens (tertiary/aromatic N) is 1. The first-order valence-corrected chi connectivity index (χ1v) is 8.99. The minimum Gasteiger partial charge on any atom is -0.342 e. The summed E-state index contributed by atoms with van der Waals surface area (Å²) >= 11 is 5.06. The highest BCUT2D eigenvalue weighted by atomic mass is 79.9. The maximum atomic E-state index is 12.8. The van der Waals surface area contributed by atoms with E-state index >= 15 is 0 Å². The third-order valence-electron chi connectivity index (χ3n) is 4.61. The minimum atomic E-state index is -0.695. The monoisotopic (exact) mass is 370 g/mol. The Balaban J connectivity index is 1.93. The molecule has 1 N–H and O–H groups in total. The molecule has 1 saturated heterocycles. The van der Waals surface area contributed by atoms with Gasteiger partial charge in [0, 0.05) is 14.7 Å². The van der Waals surface area contributed by atoms with Gasteiger partial charge in [-0.2, -0.15) is 0 Å². The van der Waals surface area contributed by atoms with Crippen molar-refractivity contribution in [2.24, 2.45) is 5.92 Å². The van der Waals surface area contributed by atoms with Crippen LogP contribution < -0.4 is 5.32 Å². The van der Waals surface area contributed by atoms with Gasteiger partial charge in [-0.25, -0.2) is 0 Å². The lowest BCUT2D eigenvalue weighted by Crippen LogP contribution is -2.69. The summed E-state index contributed by atoms with van der Waals surface area (Å²) in [4.78, 5) is 28.3. The van der Waals surface area contributed by atoms with Crippen molar-refractivity contribution in [3.05, 3.63) is 20.8 Å². The predicted octanol–water partition coefficient (Wildman–Crippen LogP) is 2.92. The fourth-order valence-corrected chi connectivity index (χ4v) is 4.51. The summed E-state index contributed by atoms with van der Waals surface area (Å²) in [6.45, 7) is 4.38. The fourth-order valence-electron chi connectivity index (χ4n) is 3.07. The van der Waals surface area contributed by atoms with Crippen molar-refractivity contribution in [3.8, 4) is 0 Å². The van der Waals surface area contributed by atoms with E-state index in [9.17, 15) is 9.59 Å². The summed E-state index contributed by atoms with van der Waals surface area (Å²) in [5, 5.41) is 4.92. The maximum Gasteiger partial charge on any atom is 0.246 e. The van der Waals surface area contributed by atoms with Gasteiger partial charge >= 0.3 is 0 Å². The largest absolute Gasteiger partial charge is 0.342 e. The van der Waals surface area contributed by atoms with Crippen molar-refractivity contribution in [1.29, 1.82) is 0 Å². The molecule has 1 aromatic heterocycles. The van der Waals surface area contributed by atoms with Crippen LogP contribution in [0, 0.1) is 5.92 Å². The second kappa shape index (κ2) is 5.39. The molecule has 3 rings (SSSR count). The molecule has 1 saturated carbocycles. The van der Waals surface area contributed by atoms with Crippen LogP contribution in [0.1, 0.15) is 38.0 Å². The Bertz CT molecular complexity index is 584.